The summed E-state index contributed by atoms with van der Waals surface area (Å²) in [5, 5.41) is 6.51. The van der Waals surface area contributed by atoms with E-state index in [1.165, 1.54) is 0 Å². The van der Waals surface area contributed by atoms with Crippen molar-refractivity contribution in [2.45, 2.75) is 13.8 Å². The Bertz CT molecular complexity index is 998. The molecule has 4 rings (SSSR count). The molecule has 0 spiro atoms. The molecule has 136 valence electrons. The molecule has 0 amide bonds. The number of hydrogen-bond donors (Lipinski definition) is 1. The van der Waals surface area contributed by atoms with E-state index in [0.29, 0.717) is 43.3 Å². The van der Waals surface area contributed by atoms with Gasteiger partial charge in [-0.05, 0) is 37.1 Å². The highest BCUT2D eigenvalue weighted by Crippen LogP contribution is 2.24. The standard InChI is InChI=1S/C17H18BrN5O3/c1-10-7-12(18)8-11(2)14(10)22-9-13-15(21-22)19-17(20-16(13)24)23-3-4-25-5-6-26-23/h7-9H,3-6H2,1-2H3,(H,19,20,21,24). The zero-order valence-corrected chi connectivity index (χ0v) is 16.0. The maximum absolute atomic E-state index is 12.5. The molecule has 1 N–H and O–H groups in total. The van der Waals surface area contributed by atoms with Crippen LogP contribution in [-0.4, -0.2) is 46.1 Å². The van der Waals surface area contributed by atoms with Gasteiger partial charge in [-0.1, -0.05) is 15.9 Å². The average Bonchev–Trinajstić information content (AvgIpc) is 2.81. The summed E-state index contributed by atoms with van der Waals surface area (Å²) in [6.45, 7) is 5.93. The van der Waals surface area contributed by atoms with E-state index in [-0.39, 0.29) is 5.56 Å². The van der Waals surface area contributed by atoms with Crippen molar-refractivity contribution in [1.82, 2.24) is 19.7 Å². The first-order valence-electron chi connectivity index (χ1n) is 8.28. The van der Waals surface area contributed by atoms with Gasteiger partial charge < -0.3 is 4.74 Å². The molecular formula is C17H18BrN5O3. The highest BCUT2D eigenvalue weighted by molar-refractivity contribution is 9.10. The molecule has 0 aliphatic carbocycles. The first kappa shape index (κ1) is 17.2. The third-order valence-electron chi connectivity index (χ3n) is 4.21. The summed E-state index contributed by atoms with van der Waals surface area (Å²) in [7, 11) is 0. The fourth-order valence-corrected chi connectivity index (χ4v) is 3.78. The summed E-state index contributed by atoms with van der Waals surface area (Å²) < 4.78 is 8.07. The largest absolute Gasteiger partial charge is 0.377 e. The highest BCUT2D eigenvalue weighted by Gasteiger charge is 2.18. The number of aryl methyl sites for hydroxylation is 2. The van der Waals surface area contributed by atoms with E-state index >= 15 is 0 Å². The van der Waals surface area contributed by atoms with Gasteiger partial charge in [0, 0.05) is 10.7 Å². The first-order chi connectivity index (χ1) is 12.5. The van der Waals surface area contributed by atoms with Gasteiger partial charge in [-0.15, -0.1) is 5.10 Å². The van der Waals surface area contributed by atoms with Crippen LogP contribution in [0.3, 0.4) is 0 Å². The molecule has 3 heterocycles. The van der Waals surface area contributed by atoms with E-state index in [9.17, 15) is 4.79 Å². The second-order valence-electron chi connectivity index (χ2n) is 6.14. The monoisotopic (exact) mass is 419 g/mol. The average molecular weight is 420 g/mol. The Labute approximate surface area is 157 Å². The zero-order chi connectivity index (χ0) is 18.3. The fraction of sp³-hybridized carbons (Fsp3) is 0.353. The van der Waals surface area contributed by atoms with Crippen molar-refractivity contribution in [3.63, 3.8) is 0 Å². The van der Waals surface area contributed by atoms with Crippen molar-refractivity contribution < 1.29 is 9.57 Å². The van der Waals surface area contributed by atoms with Crippen molar-refractivity contribution in [2.24, 2.45) is 0 Å². The van der Waals surface area contributed by atoms with Gasteiger partial charge in [-0.3, -0.25) is 14.6 Å². The third-order valence-corrected chi connectivity index (χ3v) is 4.67. The van der Waals surface area contributed by atoms with Gasteiger partial charge >= 0.3 is 0 Å². The molecule has 0 radical (unpaired) electrons. The molecule has 26 heavy (non-hydrogen) atoms. The van der Waals surface area contributed by atoms with Crippen LogP contribution in [0.4, 0.5) is 5.95 Å². The normalized spacial score (nSPS) is 15.4. The van der Waals surface area contributed by atoms with Gasteiger partial charge in [0.25, 0.3) is 5.56 Å². The predicted molar refractivity (Wildman–Crippen MR) is 101 cm³/mol. The molecule has 1 aliphatic heterocycles. The number of hydrogen-bond acceptors (Lipinski definition) is 6. The number of hydroxylamine groups is 1. The number of fused-ring (bicyclic) bond motifs is 1. The maximum atomic E-state index is 12.5. The smallest absolute Gasteiger partial charge is 0.263 e. The Balaban J connectivity index is 1.81. The van der Waals surface area contributed by atoms with Crippen LogP contribution >= 0.6 is 15.9 Å². The number of nitrogens with zero attached hydrogens (tertiary/aromatic N) is 4. The SMILES string of the molecule is Cc1cc(Br)cc(C)c1-n1cc2c(=O)[nH]c(N3CCOCCO3)nc2n1. The number of aromatic amines is 1. The van der Waals surface area contributed by atoms with E-state index < -0.39 is 0 Å². The molecular weight excluding hydrogens is 402 g/mol. The van der Waals surface area contributed by atoms with Crippen LogP contribution in [0, 0.1) is 13.8 Å². The number of nitrogens with one attached hydrogen (secondary N) is 1. The summed E-state index contributed by atoms with van der Waals surface area (Å²) in [6.07, 6.45) is 1.71. The molecule has 0 bridgehead atoms. The molecule has 1 saturated heterocycles. The van der Waals surface area contributed by atoms with Crippen molar-refractivity contribution in [3.05, 3.63) is 44.3 Å². The maximum Gasteiger partial charge on any atom is 0.263 e. The molecule has 2 aromatic heterocycles. The van der Waals surface area contributed by atoms with Crippen LogP contribution in [0.1, 0.15) is 11.1 Å². The molecule has 0 unspecified atom stereocenters. The first-order valence-corrected chi connectivity index (χ1v) is 9.07. The minimum atomic E-state index is -0.252. The molecule has 1 aromatic carbocycles. The summed E-state index contributed by atoms with van der Waals surface area (Å²) in [5.41, 5.74) is 3.16. The molecule has 1 fully saturated rings. The quantitative estimate of drug-likeness (QED) is 0.685. The number of ether oxygens (including phenoxy) is 1. The van der Waals surface area contributed by atoms with Gasteiger partial charge in [0.05, 0.1) is 32.1 Å². The second-order valence-corrected chi connectivity index (χ2v) is 7.05. The Morgan fingerprint density at radius 1 is 1.19 bits per heavy atom. The van der Waals surface area contributed by atoms with Crippen molar-refractivity contribution in [2.75, 3.05) is 31.4 Å². The van der Waals surface area contributed by atoms with Crippen LogP contribution in [0.5, 0.6) is 0 Å². The lowest BCUT2D eigenvalue weighted by molar-refractivity contribution is 0.0874. The van der Waals surface area contributed by atoms with E-state index in [0.717, 1.165) is 21.3 Å². The second kappa shape index (κ2) is 6.82. The van der Waals surface area contributed by atoms with E-state index in [1.54, 1.807) is 15.9 Å². The van der Waals surface area contributed by atoms with Gasteiger partial charge in [0.15, 0.2) is 5.65 Å². The molecule has 0 saturated carbocycles. The Morgan fingerprint density at radius 3 is 2.73 bits per heavy atom. The number of rotatable bonds is 2. The van der Waals surface area contributed by atoms with Crippen molar-refractivity contribution in [3.8, 4) is 5.69 Å². The fourth-order valence-electron chi connectivity index (χ4n) is 3.09. The lowest BCUT2D eigenvalue weighted by Gasteiger charge is -2.18. The van der Waals surface area contributed by atoms with Crippen molar-refractivity contribution in [1.29, 1.82) is 0 Å². The Hall–Kier alpha value is -2.23. The van der Waals surface area contributed by atoms with Crippen LogP contribution in [0.25, 0.3) is 16.7 Å². The number of H-pyrrole nitrogens is 1. The van der Waals surface area contributed by atoms with E-state index in [1.807, 2.05) is 26.0 Å². The number of aromatic nitrogens is 4. The Morgan fingerprint density at radius 2 is 1.96 bits per heavy atom. The minimum absolute atomic E-state index is 0.252. The minimum Gasteiger partial charge on any atom is -0.377 e. The van der Waals surface area contributed by atoms with Crippen LogP contribution in [0.15, 0.2) is 27.6 Å². The molecule has 0 atom stereocenters. The van der Waals surface area contributed by atoms with Gasteiger partial charge in [0.1, 0.15) is 5.39 Å². The number of benzene rings is 1. The zero-order valence-electron chi connectivity index (χ0n) is 14.5. The number of anilines is 1. The third kappa shape index (κ3) is 3.13. The van der Waals surface area contributed by atoms with Crippen LogP contribution in [-0.2, 0) is 9.57 Å². The topological polar surface area (TPSA) is 85.3 Å². The number of halogens is 1. The lowest BCUT2D eigenvalue weighted by Crippen LogP contribution is -2.29. The van der Waals surface area contributed by atoms with Gasteiger partial charge in [-0.2, -0.15) is 4.98 Å². The molecule has 9 heteroatoms. The van der Waals surface area contributed by atoms with E-state index in [2.05, 4.69) is 31.0 Å². The molecule has 3 aromatic rings. The van der Waals surface area contributed by atoms with E-state index in [4.69, 9.17) is 9.57 Å². The summed E-state index contributed by atoms with van der Waals surface area (Å²) in [5.74, 6) is 0.336. The summed E-state index contributed by atoms with van der Waals surface area (Å²) in [4.78, 5) is 25.3. The Kier molecular flexibility index (Phi) is 4.51. The highest BCUT2D eigenvalue weighted by atomic mass is 79.9. The predicted octanol–water partition coefficient (Wildman–Crippen LogP) is 2.26. The van der Waals surface area contributed by atoms with Crippen molar-refractivity contribution >= 4 is 32.9 Å². The van der Waals surface area contributed by atoms with Gasteiger partial charge in [0.2, 0.25) is 5.95 Å². The summed E-state index contributed by atoms with van der Waals surface area (Å²) in [6, 6.07) is 4.03. The molecule has 1 aliphatic rings. The summed E-state index contributed by atoms with van der Waals surface area (Å²) >= 11 is 3.50. The van der Waals surface area contributed by atoms with Gasteiger partial charge in [-0.25, -0.2) is 9.75 Å². The lowest BCUT2D eigenvalue weighted by atomic mass is 10.1. The van der Waals surface area contributed by atoms with Crippen LogP contribution < -0.4 is 10.6 Å². The molecule has 8 nitrogen and oxygen atoms in total. The van der Waals surface area contributed by atoms with Crippen LogP contribution in [0.2, 0.25) is 0 Å².